The van der Waals surface area contributed by atoms with Gasteiger partial charge in [0, 0.05) is 12.1 Å². The first-order chi connectivity index (χ1) is 7.55. The third-order valence-electron chi connectivity index (χ3n) is 2.69. The van der Waals surface area contributed by atoms with Crippen molar-refractivity contribution in [2.75, 3.05) is 21.1 Å². The van der Waals surface area contributed by atoms with Crippen molar-refractivity contribution in [3.8, 4) is 0 Å². The first-order valence-electron chi connectivity index (χ1n) is 5.37. The molecule has 0 N–H and O–H groups in total. The summed E-state index contributed by atoms with van der Waals surface area (Å²) in [5, 5.41) is 0. The summed E-state index contributed by atoms with van der Waals surface area (Å²) in [6, 6.07) is 4.56. The van der Waals surface area contributed by atoms with Crippen LogP contribution in [0.4, 0.5) is 18.6 Å². The molecule has 0 aliphatic carbocycles. The van der Waals surface area contributed by atoms with Crippen LogP contribution in [0.5, 0.6) is 0 Å². The van der Waals surface area contributed by atoms with E-state index in [9.17, 15) is 12.9 Å². The van der Waals surface area contributed by atoms with Gasteiger partial charge in [0.15, 0.2) is 0 Å². The van der Waals surface area contributed by atoms with Gasteiger partial charge in [0.25, 0.3) is 0 Å². The van der Waals surface area contributed by atoms with Crippen LogP contribution in [0.2, 0.25) is 0 Å². The van der Waals surface area contributed by atoms with Gasteiger partial charge in [-0.15, -0.1) is 0 Å². The summed E-state index contributed by atoms with van der Waals surface area (Å²) >= 11 is 0. The second-order valence-corrected chi connectivity index (χ2v) is 4.96. The number of halogens is 4. The van der Waals surface area contributed by atoms with Crippen LogP contribution < -0.4 is 9.19 Å². The topological polar surface area (TPSA) is 0 Å². The standard InChI is InChI=1S/C12H20N.BF3.FH/c1-9-7-12(13(4,5)6)8-10(2)11(9)3;2-1(3)4;/h7-8H,1-6H3;;1H/q+1;;/p-1. The number of hydrogen-bond donors (Lipinski definition) is 0. The molecule has 0 bridgehead atoms. The lowest BCUT2D eigenvalue weighted by Crippen LogP contribution is -3.00. The molecular weight excluding hydrogens is 245 g/mol. The van der Waals surface area contributed by atoms with E-state index in [1.807, 2.05) is 0 Å². The van der Waals surface area contributed by atoms with Gasteiger partial charge in [-0.3, -0.25) is 17.4 Å². The highest BCUT2D eigenvalue weighted by molar-refractivity contribution is 6.33. The summed E-state index contributed by atoms with van der Waals surface area (Å²) in [6.07, 6.45) is 0. The maximum atomic E-state index is 9.67. The maximum absolute atomic E-state index is 9.67. The van der Waals surface area contributed by atoms with Gasteiger partial charge in [-0.25, -0.2) is 0 Å². The minimum atomic E-state index is -3.67. The molecule has 0 spiro atoms. The van der Waals surface area contributed by atoms with Crippen molar-refractivity contribution in [3.63, 3.8) is 0 Å². The zero-order chi connectivity index (χ0) is 13.8. The van der Waals surface area contributed by atoms with Gasteiger partial charge in [-0.2, -0.15) is 0 Å². The number of rotatable bonds is 1. The fourth-order valence-corrected chi connectivity index (χ4v) is 1.40. The van der Waals surface area contributed by atoms with Crippen molar-refractivity contribution in [2.45, 2.75) is 20.8 Å². The molecule has 1 aromatic rings. The molecule has 0 unspecified atom stereocenters. The second kappa shape index (κ2) is 7.41. The molecule has 0 atom stereocenters. The van der Waals surface area contributed by atoms with E-state index < -0.39 is 7.54 Å². The molecule has 0 saturated heterocycles. The summed E-state index contributed by atoms with van der Waals surface area (Å²) in [7, 11) is 2.93. The van der Waals surface area contributed by atoms with Crippen LogP contribution in [-0.4, -0.2) is 28.7 Å². The number of aryl methyl sites for hydroxylation is 2. The Kier molecular flexibility index (Phi) is 7.95. The molecule has 0 heterocycles. The van der Waals surface area contributed by atoms with Gasteiger partial charge >= 0.3 is 7.54 Å². The molecule has 0 fully saturated rings. The average molecular weight is 265 g/mol. The lowest BCUT2D eigenvalue weighted by atomic mass is 10.0. The van der Waals surface area contributed by atoms with E-state index in [0.29, 0.717) is 0 Å². The van der Waals surface area contributed by atoms with Crippen LogP contribution in [0, 0.1) is 20.8 Å². The molecule has 0 amide bonds. The Labute approximate surface area is 107 Å². The molecule has 0 radical (unpaired) electrons. The maximum Gasteiger partial charge on any atom is 0.762 e. The lowest BCUT2D eigenvalue weighted by Gasteiger charge is -2.24. The van der Waals surface area contributed by atoms with Gasteiger partial charge in [-0.05, 0) is 37.5 Å². The molecule has 1 nitrogen and oxygen atoms in total. The third-order valence-corrected chi connectivity index (χ3v) is 2.69. The molecule has 1 rings (SSSR count). The Balaban J connectivity index is 0. The normalized spacial score (nSPS) is 10.1. The minimum Gasteiger partial charge on any atom is -1.00 e. The van der Waals surface area contributed by atoms with Gasteiger partial charge in [0.1, 0.15) is 5.69 Å². The predicted molar refractivity (Wildman–Crippen MR) is 69.3 cm³/mol. The van der Waals surface area contributed by atoms with Crippen molar-refractivity contribution in [1.82, 2.24) is 4.48 Å². The fraction of sp³-hybridized carbons (Fsp3) is 0.500. The van der Waals surface area contributed by atoms with E-state index in [4.69, 9.17) is 0 Å². The van der Waals surface area contributed by atoms with Crippen molar-refractivity contribution in [1.29, 1.82) is 0 Å². The molecule has 104 valence electrons. The highest BCUT2D eigenvalue weighted by Gasteiger charge is 2.13. The van der Waals surface area contributed by atoms with Crippen LogP contribution in [-0.2, 0) is 0 Å². The summed E-state index contributed by atoms with van der Waals surface area (Å²) in [5.74, 6) is 0. The van der Waals surface area contributed by atoms with Crippen molar-refractivity contribution >= 4 is 13.2 Å². The van der Waals surface area contributed by atoms with E-state index in [0.717, 1.165) is 4.48 Å². The molecule has 0 aromatic heterocycles. The summed E-state index contributed by atoms with van der Waals surface area (Å²) in [4.78, 5) is 0. The van der Waals surface area contributed by atoms with Crippen molar-refractivity contribution < 1.29 is 17.7 Å². The first kappa shape index (κ1) is 19.3. The Morgan fingerprint density at radius 3 is 1.39 bits per heavy atom. The SMILES string of the molecule is Cc1cc([N+](C)(C)C)cc(C)c1C.FB(F)F.[F-]. The van der Waals surface area contributed by atoms with Crippen LogP contribution in [0.15, 0.2) is 12.1 Å². The van der Waals surface area contributed by atoms with E-state index in [1.54, 1.807) is 0 Å². The van der Waals surface area contributed by atoms with Crippen molar-refractivity contribution in [3.05, 3.63) is 28.8 Å². The quantitative estimate of drug-likeness (QED) is 0.398. The minimum absolute atomic E-state index is 0. The van der Waals surface area contributed by atoms with Gasteiger partial charge in [0.2, 0.25) is 0 Å². The fourth-order valence-electron chi connectivity index (χ4n) is 1.40. The summed E-state index contributed by atoms with van der Waals surface area (Å²) in [6.45, 7) is 6.55. The molecule has 0 aliphatic heterocycles. The van der Waals surface area contributed by atoms with E-state index >= 15 is 0 Å². The molecule has 0 aliphatic rings. The Morgan fingerprint density at radius 2 is 1.17 bits per heavy atom. The Hall–Kier alpha value is -1.04. The highest BCUT2D eigenvalue weighted by atomic mass is 19.4. The molecule has 0 saturated carbocycles. The molecule has 18 heavy (non-hydrogen) atoms. The summed E-state index contributed by atoms with van der Waals surface area (Å²) < 4.78 is 29.9. The smallest absolute Gasteiger partial charge is 0.762 e. The number of quaternary nitrogens is 1. The number of benzene rings is 1. The summed E-state index contributed by atoms with van der Waals surface area (Å²) in [5.41, 5.74) is 5.57. The second-order valence-electron chi connectivity index (χ2n) is 4.96. The monoisotopic (exact) mass is 265 g/mol. The van der Waals surface area contributed by atoms with Gasteiger partial charge in [-0.1, -0.05) is 0 Å². The first-order valence-corrected chi connectivity index (χ1v) is 5.37. The van der Waals surface area contributed by atoms with Crippen LogP contribution >= 0.6 is 0 Å². The third kappa shape index (κ3) is 6.64. The van der Waals surface area contributed by atoms with Crippen LogP contribution in [0.25, 0.3) is 0 Å². The Bertz CT molecular complexity index is 349. The van der Waals surface area contributed by atoms with Gasteiger partial charge < -0.3 is 4.70 Å². The van der Waals surface area contributed by atoms with E-state index in [-0.39, 0.29) is 4.70 Å². The van der Waals surface area contributed by atoms with E-state index in [2.05, 4.69) is 54.0 Å². The molecule has 1 aromatic carbocycles. The zero-order valence-corrected chi connectivity index (χ0v) is 11.7. The average Bonchev–Trinajstić information content (AvgIpc) is 2.10. The highest BCUT2D eigenvalue weighted by Crippen LogP contribution is 2.23. The Morgan fingerprint density at radius 1 is 0.889 bits per heavy atom. The molecular formula is C12H20BF4N. The number of nitrogens with zero attached hydrogens (tertiary/aromatic N) is 1. The zero-order valence-electron chi connectivity index (χ0n) is 11.7. The largest absolute Gasteiger partial charge is 1.00 e. The van der Waals surface area contributed by atoms with Crippen LogP contribution in [0.1, 0.15) is 16.7 Å². The van der Waals surface area contributed by atoms with Gasteiger partial charge in [0.05, 0.1) is 21.1 Å². The predicted octanol–water partition coefficient (Wildman–Crippen LogP) is 0.692. The lowest BCUT2D eigenvalue weighted by molar-refractivity contribution is -0.00000682. The molecule has 6 heteroatoms. The van der Waals surface area contributed by atoms with Crippen molar-refractivity contribution in [2.24, 2.45) is 0 Å². The van der Waals surface area contributed by atoms with Crippen LogP contribution in [0.3, 0.4) is 0 Å². The van der Waals surface area contributed by atoms with E-state index in [1.165, 1.54) is 22.4 Å². The number of hydrogen-bond acceptors (Lipinski definition) is 0.